The summed E-state index contributed by atoms with van der Waals surface area (Å²) in [5.74, 6) is 0.0622. The number of carbonyl (C=O) groups is 1. The molecule has 0 bridgehead atoms. The lowest BCUT2D eigenvalue weighted by Crippen LogP contribution is -2.38. The molecule has 0 aliphatic carbocycles. The summed E-state index contributed by atoms with van der Waals surface area (Å²) in [7, 11) is -3.20. The standard InChI is InChI=1S/C15H21ClN2O3S/c1-2-11-22(20,21)18-8-4-7-17(9-10-18)15(19)13-5-3-6-14(16)12-13/h3,5-6,12H,2,4,7-11H2,1H3. The van der Waals surface area contributed by atoms with Crippen LogP contribution in [0.4, 0.5) is 0 Å². The fraction of sp³-hybridized carbons (Fsp3) is 0.533. The van der Waals surface area contributed by atoms with Crippen LogP contribution in [0.3, 0.4) is 0 Å². The Labute approximate surface area is 136 Å². The zero-order valence-electron chi connectivity index (χ0n) is 12.7. The van der Waals surface area contributed by atoms with Crippen molar-refractivity contribution in [2.75, 3.05) is 31.9 Å². The highest BCUT2D eigenvalue weighted by Gasteiger charge is 2.26. The van der Waals surface area contributed by atoms with E-state index in [1.165, 1.54) is 4.31 Å². The lowest BCUT2D eigenvalue weighted by atomic mass is 10.2. The summed E-state index contributed by atoms with van der Waals surface area (Å²) < 4.78 is 25.8. The molecule has 1 aliphatic rings. The van der Waals surface area contributed by atoms with E-state index in [4.69, 9.17) is 11.6 Å². The second-order valence-electron chi connectivity index (χ2n) is 5.37. The third kappa shape index (κ3) is 4.21. The maximum Gasteiger partial charge on any atom is 0.253 e. The molecule has 0 radical (unpaired) electrons. The Morgan fingerprint density at radius 1 is 1.23 bits per heavy atom. The second kappa shape index (κ2) is 7.44. The Kier molecular flexibility index (Phi) is 5.83. The van der Waals surface area contributed by atoms with Crippen LogP contribution in [0.15, 0.2) is 24.3 Å². The van der Waals surface area contributed by atoms with Crippen LogP contribution in [-0.2, 0) is 10.0 Å². The van der Waals surface area contributed by atoms with Gasteiger partial charge in [0.05, 0.1) is 5.75 Å². The Morgan fingerprint density at radius 3 is 2.68 bits per heavy atom. The summed E-state index contributed by atoms with van der Waals surface area (Å²) in [4.78, 5) is 14.2. The van der Waals surface area contributed by atoms with Gasteiger partial charge in [0.25, 0.3) is 5.91 Å². The third-order valence-electron chi connectivity index (χ3n) is 3.67. The molecule has 0 saturated carbocycles. The predicted molar refractivity (Wildman–Crippen MR) is 87.6 cm³/mol. The molecule has 0 aromatic heterocycles. The van der Waals surface area contributed by atoms with Gasteiger partial charge in [0.2, 0.25) is 10.0 Å². The zero-order chi connectivity index (χ0) is 16.2. The molecule has 1 saturated heterocycles. The first kappa shape index (κ1) is 17.2. The Morgan fingerprint density at radius 2 is 2.00 bits per heavy atom. The van der Waals surface area contributed by atoms with Crippen molar-refractivity contribution in [1.82, 2.24) is 9.21 Å². The van der Waals surface area contributed by atoms with Crippen molar-refractivity contribution >= 4 is 27.5 Å². The number of hydrogen-bond donors (Lipinski definition) is 0. The summed E-state index contributed by atoms with van der Waals surface area (Å²) in [6, 6.07) is 6.83. The van der Waals surface area contributed by atoms with Gasteiger partial charge in [-0.3, -0.25) is 4.79 Å². The first-order valence-corrected chi connectivity index (χ1v) is 9.45. The van der Waals surface area contributed by atoms with Gasteiger partial charge in [0.15, 0.2) is 0 Å². The van der Waals surface area contributed by atoms with Crippen LogP contribution in [0, 0.1) is 0 Å². The van der Waals surface area contributed by atoms with E-state index in [2.05, 4.69) is 0 Å². The first-order valence-electron chi connectivity index (χ1n) is 7.46. The minimum atomic E-state index is -3.20. The summed E-state index contributed by atoms with van der Waals surface area (Å²) in [5.41, 5.74) is 0.539. The van der Waals surface area contributed by atoms with Crippen LogP contribution < -0.4 is 0 Å². The molecule has 1 aromatic carbocycles. The maximum atomic E-state index is 12.5. The van der Waals surface area contributed by atoms with Gasteiger partial charge < -0.3 is 4.90 Å². The molecule has 2 rings (SSSR count). The van der Waals surface area contributed by atoms with Gasteiger partial charge in [-0.05, 0) is 31.0 Å². The van der Waals surface area contributed by atoms with Crippen molar-refractivity contribution in [1.29, 1.82) is 0 Å². The quantitative estimate of drug-likeness (QED) is 0.841. The molecule has 122 valence electrons. The van der Waals surface area contributed by atoms with Crippen molar-refractivity contribution in [2.45, 2.75) is 19.8 Å². The summed E-state index contributed by atoms with van der Waals surface area (Å²) in [6.07, 6.45) is 1.25. The molecule has 1 aliphatic heterocycles. The lowest BCUT2D eigenvalue weighted by Gasteiger charge is -2.22. The molecular weight excluding hydrogens is 324 g/mol. The summed E-state index contributed by atoms with van der Waals surface area (Å²) >= 11 is 5.92. The van der Waals surface area contributed by atoms with Gasteiger partial charge in [-0.15, -0.1) is 0 Å². The highest BCUT2D eigenvalue weighted by atomic mass is 35.5. The van der Waals surface area contributed by atoms with Gasteiger partial charge in [0.1, 0.15) is 0 Å². The van der Waals surface area contributed by atoms with E-state index >= 15 is 0 Å². The van der Waals surface area contributed by atoms with Gasteiger partial charge in [-0.1, -0.05) is 24.6 Å². The van der Waals surface area contributed by atoms with E-state index in [1.807, 2.05) is 6.92 Å². The molecule has 7 heteroatoms. The van der Waals surface area contributed by atoms with E-state index in [1.54, 1.807) is 29.2 Å². The molecule has 0 unspecified atom stereocenters. The smallest absolute Gasteiger partial charge is 0.253 e. The Bertz CT molecular complexity index is 633. The minimum Gasteiger partial charge on any atom is -0.337 e. The molecule has 0 spiro atoms. The van der Waals surface area contributed by atoms with Gasteiger partial charge in [0, 0.05) is 36.8 Å². The number of nitrogens with zero attached hydrogens (tertiary/aromatic N) is 2. The van der Waals surface area contributed by atoms with Gasteiger partial charge in [-0.25, -0.2) is 12.7 Å². The molecule has 0 atom stereocenters. The number of sulfonamides is 1. The largest absolute Gasteiger partial charge is 0.337 e. The zero-order valence-corrected chi connectivity index (χ0v) is 14.2. The summed E-state index contributed by atoms with van der Waals surface area (Å²) in [6.45, 7) is 3.65. The number of amides is 1. The summed E-state index contributed by atoms with van der Waals surface area (Å²) in [5, 5.41) is 0.521. The van der Waals surface area contributed by atoms with Crippen LogP contribution >= 0.6 is 11.6 Å². The molecule has 22 heavy (non-hydrogen) atoms. The number of halogens is 1. The van der Waals surface area contributed by atoms with E-state index in [0.29, 0.717) is 49.6 Å². The van der Waals surface area contributed by atoms with E-state index in [9.17, 15) is 13.2 Å². The van der Waals surface area contributed by atoms with Crippen molar-refractivity contribution in [3.8, 4) is 0 Å². The molecule has 1 aromatic rings. The topological polar surface area (TPSA) is 57.7 Å². The molecule has 0 N–H and O–H groups in total. The van der Waals surface area contributed by atoms with E-state index < -0.39 is 10.0 Å². The van der Waals surface area contributed by atoms with Crippen molar-refractivity contribution in [3.05, 3.63) is 34.9 Å². The molecule has 1 heterocycles. The monoisotopic (exact) mass is 344 g/mol. The SMILES string of the molecule is CCCS(=O)(=O)N1CCCN(C(=O)c2cccc(Cl)c2)CC1. The number of carbonyl (C=O) groups excluding carboxylic acids is 1. The van der Waals surface area contributed by atoms with Gasteiger partial charge >= 0.3 is 0 Å². The maximum absolute atomic E-state index is 12.5. The van der Waals surface area contributed by atoms with Crippen molar-refractivity contribution < 1.29 is 13.2 Å². The van der Waals surface area contributed by atoms with Gasteiger partial charge in [-0.2, -0.15) is 0 Å². The fourth-order valence-corrected chi connectivity index (χ4v) is 4.30. The number of rotatable bonds is 4. The van der Waals surface area contributed by atoms with Crippen LogP contribution in [-0.4, -0.2) is 55.5 Å². The lowest BCUT2D eigenvalue weighted by molar-refractivity contribution is 0.0764. The number of benzene rings is 1. The molecular formula is C15H21ClN2O3S. The Hall–Kier alpha value is -1.11. The first-order chi connectivity index (χ1) is 10.4. The average Bonchev–Trinajstić information content (AvgIpc) is 2.73. The highest BCUT2D eigenvalue weighted by Crippen LogP contribution is 2.15. The highest BCUT2D eigenvalue weighted by molar-refractivity contribution is 7.89. The Balaban J connectivity index is 2.06. The van der Waals surface area contributed by atoms with Crippen LogP contribution in [0.25, 0.3) is 0 Å². The molecule has 5 nitrogen and oxygen atoms in total. The normalized spacial score (nSPS) is 17.3. The predicted octanol–water partition coefficient (Wildman–Crippen LogP) is 2.23. The van der Waals surface area contributed by atoms with E-state index in [-0.39, 0.29) is 11.7 Å². The van der Waals surface area contributed by atoms with Crippen LogP contribution in [0.5, 0.6) is 0 Å². The average molecular weight is 345 g/mol. The van der Waals surface area contributed by atoms with Crippen LogP contribution in [0.1, 0.15) is 30.1 Å². The van der Waals surface area contributed by atoms with Crippen molar-refractivity contribution in [2.24, 2.45) is 0 Å². The second-order valence-corrected chi connectivity index (χ2v) is 7.90. The van der Waals surface area contributed by atoms with Crippen LogP contribution in [0.2, 0.25) is 5.02 Å². The van der Waals surface area contributed by atoms with Crippen molar-refractivity contribution in [3.63, 3.8) is 0 Å². The fourth-order valence-electron chi connectivity index (χ4n) is 2.57. The minimum absolute atomic E-state index is 0.0998. The number of hydrogen-bond acceptors (Lipinski definition) is 3. The molecule has 1 amide bonds. The van der Waals surface area contributed by atoms with E-state index in [0.717, 1.165) is 0 Å². The third-order valence-corrected chi connectivity index (χ3v) is 5.98. The molecule has 1 fully saturated rings.